The van der Waals surface area contributed by atoms with Gasteiger partial charge in [0.05, 0.1) is 25.5 Å². The van der Waals surface area contributed by atoms with Crippen LogP contribution in [0.2, 0.25) is 0 Å². The predicted molar refractivity (Wildman–Crippen MR) is 71.8 cm³/mol. The summed E-state index contributed by atoms with van der Waals surface area (Å²) < 4.78 is 10.4. The maximum absolute atomic E-state index is 12.1. The van der Waals surface area contributed by atoms with Gasteiger partial charge in [-0.25, -0.2) is 0 Å². The Kier molecular flexibility index (Phi) is 3.84. The lowest BCUT2D eigenvalue weighted by Crippen LogP contribution is -2.13. The van der Waals surface area contributed by atoms with Crippen LogP contribution in [0.5, 0.6) is 11.5 Å². The van der Waals surface area contributed by atoms with Gasteiger partial charge in [-0.05, 0) is 23.6 Å². The monoisotopic (exact) mass is 263 g/mol. The maximum Gasteiger partial charge on any atom is 0.259 e. The van der Waals surface area contributed by atoms with Gasteiger partial charge in [0.25, 0.3) is 5.91 Å². The molecule has 94 valence electrons. The molecule has 0 atom stereocenters. The van der Waals surface area contributed by atoms with Crippen molar-refractivity contribution in [1.82, 2.24) is 0 Å². The summed E-state index contributed by atoms with van der Waals surface area (Å²) in [5.41, 5.74) is 1.22. The van der Waals surface area contributed by atoms with Crippen molar-refractivity contribution in [3.8, 4) is 11.5 Å². The molecule has 4 nitrogen and oxygen atoms in total. The van der Waals surface area contributed by atoms with Gasteiger partial charge in [0, 0.05) is 5.38 Å². The first-order chi connectivity index (χ1) is 8.76. The molecule has 0 radical (unpaired) electrons. The predicted octanol–water partition coefficient (Wildman–Crippen LogP) is 3.02. The van der Waals surface area contributed by atoms with E-state index in [4.69, 9.17) is 9.47 Å². The largest absolute Gasteiger partial charge is 0.493 e. The zero-order chi connectivity index (χ0) is 13.0. The van der Waals surface area contributed by atoms with Crippen molar-refractivity contribution in [2.45, 2.75) is 0 Å². The fraction of sp³-hybridized carbons (Fsp3) is 0.154. The Bertz CT molecular complexity index is 537. The molecule has 0 unspecified atom stereocenters. The Hall–Kier alpha value is -2.01. The second-order valence-electron chi connectivity index (χ2n) is 3.51. The molecule has 1 amide bonds. The van der Waals surface area contributed by atoms with Crippen LogP contribution >= 0.6 is 11.3 Å². The number of carbonyl (C=O) groups excluding carboxylic acids is 1. The number of anilines is 1. The van der Waals surface area contributed by atoms with Gasteiger partial charge in [-0.2, -0.15) is 11.3 Å². The fourth-order valence-electron chi connectivity index (χ4n) is 1.60. The molecule has 0 aliphatic rings. The van der Waals surface area contributed by atoms with E-state index in [1.54, 1.807) is 25.3 Å². The summed E-state index contributed by atoms with van der Waals surface area (Å²) in [4.78, 5) is 12.1. The number of amides is 1. The highest BCUT2D eigenvalue weighted by Gasteiger charge is 2.16. The molecule has 0 saturated carbocycles. The molecular weight excluding hydrogens is 250 g/mol. The lowest BCUT2D eigenvalue weighted by molar-refractivity contribution is 0.102. The minimum atomic E-state index is -0.218. The maximum atomic E-state index is 12.1. The molecule has 1 aromatic heterocycles. The van der Waals surface area contributed by atoms with E-state index >= 15 is 0 Å². The van der Waals surface area contributed by atoms with Gasteiger partial charge in [-0.1, -0.05) is 6.07 Å². The zero-order valence-corrected chi connectivity index (χ0v) is 10.9. The van der Waals surface area contributed by atoms with E-state index in [-0.39, 0.29) is 5.91 Å². The first-order valence-electron chi connectivity index (χ1n) is 5.30. The van der Waals surface area contributed by atoms with Gasteiger partial charge in [-0.3, -0.25) is 4.79 Å². The molecule has 0 saturated heterocycles. The second kappa shape index (κ2) is 5.55. The van der Waals surface area contributed by atoms with Crippen molar-refractivity contribution in [3.63, 3.8) is 0 Å². The molecule has 1 heterocycles. The van der Waals surface area contributed by atoms with E-state index in [1.165, 1.54) is 18.4 Å². The SMILES string of the molecule is COc1cccc(C(=O)Nc2ccsc2)c1OC. The van der Waals surface area contributed by atoms with Crippen LogP contribution in [0.4, 0.5) is 5.69 Å². The van der Waals surface area contributed by atoms with Gasteiger partial charge in [0.1, 0.15) is 0 Å². The molecule has 0 fully saturated rings. The Morgan fingerprint density at radius 2 is 2.06 bits per heavy atom. The number of rotatable bonds is 4. The highest BCUT2D eigenvalue weighted by atomic mass is 32.1. The third-order valence-corrected chi connectivity index (χ3v) is 3.11. The lowest BCUT2D eigenvalue weighted by atomic mass is 10.1. The van der Waals surface area contributed by atoms with E-state index in [1.807, 2.05) is 16.8 Å². The van der Waals surface area contributed by atoms with E-state index in [0.29, 0.717) is 17.1 Å². The van der Waals surface area contributed by atoms with Crippen molar-refractivity contribution >= 4 is 22.9 Å². The Morgan fingerprint density at radius 3 is 2.67 bits per heavy atom. The number of hydrogen-bond acceptors (Lipinski definition) is 4. The van der Waals surface area contributed by atoms with Gasteiger partial charge in [-0.15, -0.1) is 0 Å². The summed E-state index contributed by atoms with van der Waals surface area (Å²) in [6, 6.07) is 7.04. The topological polar surface area (TPSA) is 47.6 Å². The number of hydrogen-bond donors (Lipinski definition) is 1. The van der Waals surface area contributed by atoms with Crippen molar-refractivity contribution in [3.05, 3.63) is 40.6 Å². The molecule has 0 aliphatic heterocycles. The van der Waals surface area contributed by atoms with E-state index < -0.39 is 0 Å². The molecular formula is C13H13NO3S. The molecule has 1 N–H and O–H groups in total. The molecule has 0 bridgehead atoms. The average molecular weight is 263 g/mol. The van der Waals surface area contributed by atoms with Crippen LogP contribution in [0.25, 0.3) is 0 Å². The number of thiophene rings is 1. The highest BCUT2D eigenvalue weighted by Crippen LogP contribution is 2.31. The third-order valence-electron chi connectivity index (χ3n) is 2.43. The van der Waals surface area contributed by atoms with Crippen molar-refractivity contribution < 1.29 is 14.3 Å². The minimum Gasteiger partial charge on any atom is -0.493 e. The zero-order valence-electron chi connectivity index (χ0n) is 10.1. The van der Waals surface area contributed by atoms with Crippen molar-refractivity contribution in [2.24, 2.45) is 0 Å². The van der Waals surface area contributed by atoms with Gasteiger partial charge < -0.3 is 14.8 Å². The normalized spacial score (nSPS) is 9.89. The quantitative estimate of drug-likeness (QED) is 0.922. The van der Waals surface area contributed by atoms with E-state index in [2.05, 4.69) is 5.32 Å². The summed E-state index contributed by atoms with van der Waals surface area (Å²) in [7, 11) is 3.05. The molecule has 18 heavy (non-hydrogen) atoms. The van der Waals surface area contributed by atoms with Gasteiger partial charge in [0.15, 0.2) is 11.5 Å². The number of ether oxygens (including phenoxy) is 2. The molecule has 0 aliphatic carbocycles. The smallest absolute Gasteiger partial charge is 0.259 e. The van der Waals surface area contributed by atoms with Crippen LogP contribution in [0, 0.1) is 0 Å². The van der Waals surface area contributed by atoms with Crippen LogP contribution in [-0.2, 0) is 0 Å². The van der Waals surface area contributed by atoms with Crippen LogP contribution in [0.15, 0.2) is 35.0 Å². The lowest BCUT2D eigenvalue weighted by Gasteiger charge is -2.11. The number of methoxy groups -OCH3 is 2. The van der Waals surface area contributed by atoms with Crippen LogP contribution in [0.1, 0.15) is 10.4 Å². The van der Waals surface area contributed by atoms with Crippen LogP contribution in [-0.4, -0.2) is 20.1 Å². The van der Waals surface area contributed by atoms with Crippen LogP contribution < -0.4 is 14.8 Å². The first-order valence-corrected chi connectivity index (χ1v) is 6.25. The number of carbonyl (C=O) groups is 1. The summed E-state index contributed by atoms with van der Waals surface area (Å²) in [6.45, 7) is 0. The average Bonchev–Trinajstić information content (AvgIpc) is 2.90. The van der Waals surface area contributed by atoms with E-state index in [9.17, 15) is 4.79 Å². The molecule has 5 heteroatoms. The Morgan fingerprint density at radius 1 is 1.22 bits per heavy atom. The Labute approximate surface area is 109 Å². The molecule has 2 rings (SSSR count). The van der Waals surface area contributed by atoms with Crippen molar-refractivity contribution in [2.75, 3.05) is 19.5 Å². The molecule has 0 spiro atoms. The second-order valence-corrected chi connectivity index (χ2v) is 4.29. The first kappa shape index (κ1) is 12.4. The molecule has 1 aromatic carbocycles. The van der Waals surface area contributed by atoms with E-state index in [0.717, 1.165) is 5.69 Å². The summed E-state index contributed by atoms with van der Waals surface area (Å²) in [5.74, 6) is 0.757. The minimum absolute atomic E-state index is 0.218. The number of benzene rings is 1. The highest BCUT2D eigenvalue weighted by molar-refractivity contribution is 7.08. The third kappa shape index (κ3) is 2.46. The van der Waals surface area contributed by atoms with Gasteiger partial charge in [0.2, 0.25) is 0 Å². The standard InChI is InChI=1S/C13H13NO3S/c1-16-11-5-3-4-10(12(11)17-2)13(15)14-9-6-7-18-8-9/h3-8H,1-2H3,(H,14,15). The number of para-hydroxylation sites is 1. The summed E-state index contributed by atoms with van der Waals surface area (Å²) >= 11 is 1.52. The van der Waals surface area contributed by atoms with Crippen molar-refractivity contribution in [1.29, 1.82) is 0 Å². The van der Waals surface area contributed by atoms with Crippen LogP contribution in [0.3, 0.4) is 0 Å². The fourth-order valence-corrected chi connectivity index (χ4v) is 2.19. The van der Waals surface area contributed by atoms with Gasteiger partial charge >= 0.3 is 0 Å². The molecule has 2 aromatic rings. The Balaban J connectivity index is 2.29. The summed E-state index contributed by atoms with van der Waals surface area (Å²) in [6.07, 6.45) is 0. The number of nitrogens with one attached hydrogen (secondary N) is 1. The summed E-state index contributed by atoms with van der Waals surface area (Å²) in [5, 5.41) is 6.57.